The molecular formula is C24H18FN5O. The van der Waals surface area contributed by atoms with Crippen molar-refractivity contribution in [2.24, 2.45) is 0 Å². The normalized spacial score (nSPS) is 11.0. The summed E-state index contributed by atoms with van der Waals surface area (Å²) in [7, 11) is 0. The van der Waals surface area contributed by atoms with Crippen molar-refractivity contribution < 1.29 is 9.18 Å². The molecule has 1 amide bonds. The molecule has 0 saturated carbocycles. The van der Waals surface area contributed by atoms with Gasteiger partial charge in [0.2, 0.25) is 0 Å². The maximum atomic E-state index is 13.1. The molecule has 3 aromatic carbocycles. The molecule has 7 heteroatoms. The van der Waals surface area contributed by atoms with Crippen LogP contribution in [0.25, 0.3) is 22.0 Å². The Bertz CT molecular complexity index is 1370. The molecule has 0 bridgehead atoms. The van der Waals surface area contributed by atoms with Gasteiger partial charge < -0.3 is 5.32 Å². The molecule has 0 unspecified atom stereocenters. The number of nitrogens with one attached hydrogen (secondary N) is 2. The average molecular weight is 411 g/mol. The summed E-state index contributed by atoms with van der Waals surface area (Å²) in [6.07, 6.45) is 1.83. The van der Waals surface area contributed by atoms with Gasteiger partial charge in [0.1, 0.15) is 11.5 Å². The molecule has 0 saturated heterocycles. The molecule has 0 atom stereocenters. The first kappa shape index (κ1) is 18.7. The summed E-state index contributed by atoms with van der Waals surface area (Å²) in [5.74, 6) is -0.226. The molecule has 31 heavy (non-hydrogen) atoms. The number of benzene rings is 3. The van der Waals surface area contributed by atoms with Crippen LogP contribution in [0.15, 0.2) is 85.1 Å². The van der Waals surface area contributed by atoms with Crippen molar-refractivity contribution >= 4 is 22.5 Å². The zero-order valence-corrected chi connectivity index (χ0v) is 16.4. The third kappa shape index (κ3) is 3.93. The van der Waals surface area contributed by atoms with Crippen LogP contribution in [0.2, 0.25) is 0 Å². The van der Waals surface area contributed by atoms with Gasteiger partial charge in [-0.15, -0.1) is 0 Å². The first-order chi connectivity index (χ1) is 15.2. The Morgan fingerprint density at radius 3 is 2.68 bits per heavy atom. The number of carbonyl (C=O) groups excluding carboxylic acids is 1. The van der Waals surface area contributed by atoms with E-state index in [2.05, 4.69) is 44.9 Å². The van der Waals surface area contributed by atoms with Crippen molar-refractivity contribution in [1.29, 1.82) is 0 Å². The van der Waals surface area contributed by atoms with E-state index in [1.165, 1.54) is 22.9 Å². The molecule has 6 nitrogen and oxygen atoms in total. The Balaban J connectivity index is 1.29. The predicted molar refractivity (Wildman–Crippen MR) is 117 cm³/mol. The Hall–Kier alpha value is -4.26. The minimum Gasteiger partial charge on any atom is -0.304 e. The average Bonchev–Trinajstić information content (AvgIpc) is 3.45. The third-order valence-corrected chi connectivity index (χ3v) is 5.06. The van der Waals surface area contributed by atoms with E-state index in [-0.39, 0.29) is 11.7 Å². The van der Waals surface area contributed by atoms with Gasteiger partial charge in [0.05, 0.1) is 12.2 Å². The molecule has 2 aromatic heterocycles. The largest absolute Gasteiger partial charge is 0.304 e. The second kappa shape index (κ2) is 7.87. The van der Waals surface area contributed by atoms with E-state index < -0.39 is 0 Å². The number of aromatic amines is 1. The van der Waals surface area contributed by atoms with Crippen molar-refractivity contribution in [3.05, 3.63) is 102 Å². The molecule has 0 aliphatic heterocycles. The Kier molecular flexibility index (Phi) is 4.76. The van der Waals surface area contributed by atoms with Crippen LogP contribution < -0.4 is 5.32 Å². The van der Waals surface area contributed by atoms with Crippen LogP contribution in [0.3, 0.4) is 0 Å². The molecular weight excluding hydrogens is 393 g/mol. The van der Waals surface area contributed by atoms with Crippen molar-refractivity contribution in [3.8, 4) is 11.3 Å². The fourth-order valence-electron chi connectivity index (χ4n) is 3.51. The van der Waals surface area contributed by atoms with Gasteiger partial charge in [-0.2, -0.15) is 10.2 Å². The number of halogens is 1. The van der Waals surface area contributed by atoms with Crippen molar-refractivity contribution in [2.75, 3.05) is 5.32 Å². The number of carbonyl (C=O) groups is 1. The summed E-state index contributed by atoms with van der Waals surface area (Å²) in [5.41, 5.74) is 2.72. The van der Waals surface area contributed by atoms with Crippen LogP contribution in [-0.4, -0.2) is 25.9 Å². The van der Waals surface area contributed by atoms with Crippen LogP contribution in [0.5, 0.6) is 0 Å². The Labute approximate surface area is 177 Å². The first-order valence-corrected chi connectivity index (χ1v) is 9.78. The quantitative estimate of drug-likeness (QED) is 0.433. The number of nitrogens with zero attached hydrogens (tertiary/aromatic N) is 3. The molecule has 0 radical (unpaired) electrons. The smallest absolute Gasteiger partial charge is 0.274 e. The molecule has 0 aliphatic carbocycles. The number of H-pyrrole nitrogens is 1. The van der Waals surface area contributed by atoms with Crippen molar-refractivity contribution in [2.45, 2.75) is 6.54 Å². The minimum absolute atomic E-state index is 0.294. The Morgan fingerprint density at radius 1 is 1.00 bits per heavy atom. The number of amides is 1. The van der Waals surface area contributed by atoms with E-state index in [9.17, 15) is 9.18 Å². The second-order valence-electron chi connectivity index (χ2n) is 7.16. The monoisotopic (exact) mass is 411 g/mol. The van der Waals surface area contributed by atoms with Gasteiger partial charge in [-0.25, -0.2) is 4.39 Å². The summed E-state index contributed by atoms with van der Waals surface area (Å²) in [6, 6.07) is 23.7. The first-order valence-electron chi connectivity index (χ1n) is 9.78. The number of hydrogen-bond acceptors (Lipinski definition) is 3. The summed E-state index contributed by atoms with van der Waals surface area (Å²) >= 11 is 0. The van der Waals surface area contributed by atoms with E-state index in [1.807, 2.05) is 24.4 Å². The topological polar surface area (TPSA) is 75.6 Å². The zero-order valence-electron chi connectivity index (χ0n) is 16.4. The van der Waals surface area contributed by atoms with Crippen LogP contribution >= 0.6 is 0 Å². The van der Waals surface area contributed by atoms with Gasteiger partial charge in [0, 0.05) is 17.8 Å². The highest BCUT2D eigenvalue weighted by Crippen LogP contribution is 2.20. The third-order valence-electron chi connectivity index (χ3n) is 5.06. The summed E-state index contributed by atoms with van der Waals surface area (Å²) in [6.45, 7) is 0.593. The summed E-state index contributed by atoms with van der Waals surface area (Å²) < 4.78 is 14.9. The number of aromatic nitrogens is 4. The summed E-state index contributed by atoms with van der Waals surface area (Å²) in [5, 5.41) is 16.4. The maximum Gasteiger partial charge on any atom is 0.274 e. The van der Waals surface area contributed by atoms with Gasteiger partial charge in [-0.3, -0.25) is 14.6 Å². The maximum absolute atomic E-state index is 13.1. The van der Waals surface area contributed by atoms with Gasteiger partial charge in [-0.1, -0.05) is 42.5 Å². The van der Waals surface area contributed by atoms with E-state index in [0.717, 1.165) is 11.1 Å². The zero-order chi connectivity index (χ0) is 21.2. The molecule has 152 valence electrons. The lowest BCUT2D eigenvalue weighted by Crippen LogP contribution is -2.13. The fourth-order valence-corrected chi connectivity index (χ4v) is 3.51. The van der Waals surface area contributed by atoms with Gasteiger partial charge >= 0.3 is 0 Å². The lowest BCUT2D eigenvalue weighted by molar-refractivity contribution is 0.102. The number of fused-ring (bicyclic) bond motifs is 1. The molecule has 2 N–H and O–H groups in total. The highest BCUT2D eigenvalue weighted by atomic mass is 19.1. The molecule has 5 rings (SSSR count). The minimum atomic E-state index is -0.351. The van der Waals surface area contributed by atoms with E-state index in [1.54, 1.807) is 28.9 Å². The van der Waals surface area contributed by atoms with Gasteiger partial charge in [0.15, 0.2) is 5.82 Å². The lowest BCUT2D eigenvalue weighted by atomic mass is 10.0. The van der Waals surface area contributed by atoms with Crippen LogP contribution in [0.4, 0.5) is 10.2 Å². The SMILES string of the molecule is O=C(Nc1ccn(Cc2cccc3ccccc23)n1)c1cc(-c2ccc(F)cc2)n[nH]1. The summed E-state index contributed by atoms with van der Waals surface area (Å²) in [4.78, 5) is 12.6. The van der Waals surface area contributed by atoms with E-state index >= 15 is 0 Å². The number of hydrogen-bond donors (Lipinski definition) is 2. The van der Waals surface area contributed by atoms with Crippen molar-refractivity contribution in [1.82, 2.24) is 20.0 Å². The highest BCUT2D eigenvalue weighted by molar-refractivity contribution is 6.02. The predicted octanol–water partition coefficient (Wildman–Crippen LogP) is 4.87. The lowest BCUT2D eigenvalue weighted by Gasteiger charge is -2.06. The highest BCUT2D eigenvalue weighted by Gasteiger charge is 2.13. The van der Waals surface area contributed by atoms with Crippen molar-refractivity contribution in [3.63, 3.8) is 0 Å². The van der Waals surface area contributed by atoms with Gasteiger partial charge in [-0.05, 0) is 46.7 Å². The standard InChI is InChI=1S/C24H18FN5O/c25-19-10-8-17(9-11-19)21-14-22(28-27-21)24(31)26-23-12-13-30(29-23)15-18-6-3-5-16-4-1-2-7-20(16)18/h1-14H,15H2,(H,27,28)(H,26,29,31). The molecule has 0 spiro atoms. The second-order valence-corrected chi connectivity index (χ2v) is 7.16. The van der Waals surface area contributed by atoms with E-state index in [0.29, 0.717) is 23.8 Å². The number of anilines is 1. The molecule has 5 aromatic rings. The molecule has 0 aliphatic rings. The van der Waals surface area contributed by atoms with Gasteiger partial charge in [0.25, 0.3) is 5.91 Å². The van der Waals surface area contributed by atoms with Crippen LogP contribution in [-0.2, 0) is 6.54 Å². The van der Waals surface area contributed by atoms with E-state index in [4.69, 9.17) is 0 Å². The Morgan fingerprint density at radius 2 is 1.81 bits per heavy atom. The number of rotatable bonds is 5. The molecule has 2 heterocycles. The van der Waals surface area contributed by atoms with Crippen LogP contribution in [0.1, 0.15) is 16.1 Å². The molecule has 0 fully saturated rings. The van der Waals surface area contributed by atoms with Crippen LogP contribution in [0, 0.1) is 5.82 Å². The fraction of sp³-hybridized carbons (Fsp3) is 0.0417.